The van der Waals surface area contributed by atoms with Crippen molar-refractivity contribution in [2.24, 2.45) is 0 Å². The first kappa shape index (κ1) is 12.4. The van der Waals surface area contributed by atoms with E-state index >= 15 is 0 Å². The molecule has 0 aliphatic carbocycles. The normalized spacial score (nSPS) is 11.5. The Balaban J connectivity index is 2.26. The van der Waals surface area contributed by atoms with Gasteiger partial charge in [-0.2, -0.15) is 11.8 Å². The topological polar surface area (TPSA) is 24.9 Å². The molecule has 0 aromatic carbocycles. The number of pyridine rings is 1. The van der Waals surface area contributed by atoms with Crippen molar-refractivity contribution in [3.63, 3.8) is 0 Å². The summed E-state index contributed by atoms with van der Waals surface area (Å²) in [6.45, 7) is 9.70. The van der Waals surface area contributed by atoms with E-state index in [1.165, 1.54) is 0 Å². The van der Waals surface area contributed by atoms with Gasteiger partial charge in [-0.3, -0.25) is 0 Å². The highest BCUT2D eigenvalue weighted by Crippen LogP contribution is 2.22. The van der Waals surface area contributed by atoms with Crippen LogP contribution in [0.3, 0.4) is 0 Å². The van der Waals surface area contributed by atoms with Crippen LogP contribution in [0.1, 0.15) is 26.5 Å². The van der Waals surface area contributed by atoms with Crippen molar-refractivity contribution in [3.8, 4) is 0 Å². The van der Waals surface area contributed by atoms with Gasteiger partial charge in [0.15, 0.2) is 0 Å². The minimum atomic E-state index is 0.349. The molecule has 0 spiro atoms. The van der Waals surface area contributed by atoms with Crippen molar-refractivity contribution in [3.05, 3.63) is 23.9 Å². The zero-order valence-electron chi connectivity index (χ0n) is 10.0. The maximum atomic E-state index is 4.39. The maximum Gasteiger partial charge on any atom is 0.126 e. The van der Waals surface area contributed by atoms with Gasteiger partial charge in [0, 0.05) is 22.7 Å². The van der Waals surface area contributed by atoms with Crippen LogP contribution >= 0.6 is 11.8 Å². The van der Waals surface area contributed by atoms with E-state index in [1.54, 1.807) is 0 Å². The smallest absolute Gasteiger partial charge is 0.126 e. The van der Waals surface area contributed by atoms with Gasteiger partial charge in [-0.1, -0.05) is 26.8 Å². The molecule has 1 aromatic heterocycles. The number of anilines is 1. The quantitative estimate of drug-likeness (QED) is 0.794. The van der Waals surface area contributed by atoms with Gasteiger partial charge < -0.3 is 5.32 Å². The molecule has 84 valence electrons. The number of aryl methyl sites for hydroxylation is 1. The monoisotopic (exact) mass is 224 g/mol. The molecule has 0 atom stereocenters. The first-order chi connectivity index (χ1) is 6.97. The number of nitrogens with one attached hydrogen (secondary N) is 1. The third-order valence-corrected chi connectivity index (χ3v) is 3.11. The first-order valence-electron chi connectivity index (χ1n) is 5.29. The highest BCUT2D eigenvalue weighted by atomic mass is 32.2. The van der Waals surface area contributed by atoms with Crippen molar-refractivity contribution < 1.29 is 0 Å². The van der Waals surface area contributed by atoms with Crippen molar-refractivity contribution >= 4 is 17.6 Å². The molecule has 1 heterocycles. The largest absolute Gasteiger partial charge is 0.369 e. The highest BCUT2D eigenvalue weighted by molar-refractivity contribution is 8.00. The molecule has 1 rings (SSSR count). The fraction of sp³-hybridized carbons (Fsp3) is 0.583. The van der Waals surface area contributed by atoms with Crippen molar-refractivity contribution in [2.45, 2.75) is 32.4 Å². The SMILES string of the molecule is Cc1cccc(NCCSC(C)(C)C)n1. The third kappa shape index (κ3) is 5.67. The minimum Gasteiger partial charge on any atom is -0.369 e. The van der Waals surface area contributed by atoms with Crippen LogP contribution in [-0.2, 0) is 0 Å². The van der Waals surface area contributed by atoms with Crippen LogP contribution in [0.5, 0.6) is 0 Å². The van der Waals surface area contributed by atoms with Gasteiger partial charge in [-0.25, -0.2) is 4.98 Å². The van der Waals surface area contributed by atoms with E-state index in [-0.39, 0.29) is 0 Å². The van der Waals surface area contributed by atoms with E-state index < -0.39 is 0 Å². The van der Waals surface area contributed by atoms with Gasteiger partial charge in [0.1, 0.15) is 5.82 Å². The Morgan fingerprint density at radius 3 is 2.67 bits per heavy atom. The average Bonchev–Trinajstić information content (AvgIpc) is 2.11. The molecular formula is C12H20N2S. The van der Waals surface area contributed by atoms with Gasteiger partial charge in [0.05, 0.1) is 0 Å². The molecule has 2 nitrogen and oxygen atoms in total. The fourth-order valence-electron chi connectivity index (χ4n) is 1.18. The number of nitrogens with zero attached hydrogens (tertiary/aromatic N) is 1. The van der Waals surface area contributed by atoms with E-state index in [2.05, 4.69) is 31.1 Å². The average molecular weight is 224 g/mol. The molecule has 0 radical (unpaired) electrons. The zero-order valence-corrected chi connectivity index (χ0v) is 10.8. The van der Waals surface area contributed by atoms with Crippen LogP contribution in [0.25, 0.3) is 0 Å². The molecule has 15 heavy (non-hydrogen) atoms. The number of hydrogen-bond acceptors (Lipinski definition) is 3. The molecule has 0 aliphatic rings. The molecule has 0 bridgehead atoms. The summed E-state index contributed by atoms with van der Waals surface area (Å²) in [7, 11) is 0. The first-order valence-corrected chi connectivity index (χ1v) is 6.27. The Hall–Kier alpha value is -0.700. The van der Waals surface area contributed by atoms with E-state index in [4.69, 9.17) is 0 Å². The lowest BCUT2D eigenvalue weighted by Gasteiger charge is -2.17. The molecule has 0 saturated heterocycles. The van der Waals surface area contributed by atoms with Gasteiger partial charge in [-0.15, -0.1) is 0 Å². The molecule has 0 unspecified atom stereocenters. The molecule has 0 saturated carbocycles. The molecule has 0 aliphatic heterocycles. The molecule has 3 heteroatoms. The van der Waals surface area contributed by atoms with Gasteiger partial charge in [0.25, 0.3) is 0 Å². The van der Waals surface area contributed by atoms with Crippen molar-refractivity contribution in [1.29, 1.82) is 0 Å². The highest BCUT2D eigenvalue weighted by Gasteiger charge is 2.09. The predicted molar refractivity (Wildman–Crippen MR) is 69.7 cm³/mol. The second-order valence-electron chi connectivity index (χ2n) is 4.55. The maximum absolute atomic E-state index is 4.39. The number of aromatic nitrogens is 1. The van der Waals surface area contributed by atoms with Crippen LogP contribution in [0.2, 0.25) is 0 Å². The minimum absolute atomic E-state index is 0.349. The van der Waals surface area contributed by atoms with Gasteiger partial charge in [-0.05, 0) is 19.1 Å². The summed E-state index contributed by atoms with van der Waals surface area (Å²) in [6.07, 6.45) is 0. The van der Waals surface area contributed by atoms with Crippen molar-refractivity contribution in [2.75, 3.05) is 17.6 Å². The summed E-state index contributed by atoms with van der Waals surface area (Å²) in [5.74, 6) is 2.09. The number of thioether (sulfide) groups is 1. The lowest BCUT2D eigenvalue weighted by Crippen LogP contribution is -2.13. The zero-order chi connectivity index (χ0) is 11.3. The summed E-state index contributed by atoms with van der Waals surface area (Å²) in [5.41, 5.74) is 1.06. The summed E-state index contributed by atoms with van der Waals surface area (Å²) in [6, 6.07) is 6.05. The summed E-state index contributed by atoms with van der Waals surface area (Å²) in [5, 5.41) is 3.33. The second kappa shape index (κ2) is 5.40. The van der Waals surface area contributed by atoms with Gasteiger partial charge in [0.2, 0.25) is 0 Å². The van der Waals surface area contributed by atoms with E-state index in [9.17, 15) is 0 Å². The standard InChI is InChI=1S/C12H20N2S/c1-10-6-5-7-11(14-10)13-8-9-15-12(2,3)4/h5-7H,8-9H2,1-4H3,(H,13,14). The fourth-order valence-corrected chi connectivity index (χ4v) is 1.99. The van der Waals surface area contributed by atoms with Crippen LogP contribution in [0.15, 0.2) is 18.2 Å². The molecule has 1 N–H and O–H groups in total. The Labute approximate surface area is 96.9 Å². The molecule has 1 aromatic rings. The second-order valence-corrected chi connectivity index (χ2v) is 6.47. The molecule has 0 amide bonds. The van der Waals surface area contributed by atoms with E-state index in [1.807, 2.05) is 36.9 Å². The Bertz CT molecular complexity index is 305. The van der Waals surface area contributed by atoms with E-state index in [0.717, 1.165) is 23.8 Å². The van der Waals surface area contributed by atoms with Crippen LogP contribution in [0.4, 0.5) is 5.82 Å². The lowest BCUT2D eigenvalue weighted by molar-refractivity contribution is 0.802. The Morgan fingerprint density at radius 1 is 1.33 bits per heavy atom. The lowest BCUT2D eigenvalue weighted by atomic mass is 10.3. The number of rotatable bonds is 4. The predicted octanol–water partition coefficient (Wildman–Crippen LogP) is 3.33. The number of hydrogen-bond donors (Lipinski definition) is 1. The molecule has 0 fully saturated rings. The third-order valence-electron chi connectivity index (χ3n) is 1.83. The Morgan fingerprint density at radius 2 is 2.07 bits per heavy atom. The van der Waals surface area contributed by atoms with Crippen LogP contribution in [-0.4, -0.2) is 22.0 Å². The van der Waals surface area contributed by atoms with Crippen LogP contribution < -0.4 is 5.32 Å². The summed E-state index contributed by atoms with van der Waals surface area (Å²) < 4.78 is 0.349. The van der Waals surface area contributed by atoms with Crippen LogP contribution in [0, 0.1) is 6.92 Å². The summed E-state index contributed by atoms with van der Waals surface area (Å²) >= 11 is 1.97. The summed E-state index contributed by atoms with van der Waals surface area (Å²) in [4.78, 5) is 4.39. The van der Waals surface area contributed by atoms with E-state index in [0.29, 0.717) is 4.75 Å². The van der Waals surface area contributed by atoms with Gasteiger partial charge >= 0.3 is 0 Å². The molecular weight excluding hydrogens is 204 g/mol. The van der Waals surface area contributed by atoms with Crippen molar-refractivity contribution in [1.82, 2.24) is 4.98 Å². The Kier molecular flexibility index (Phi) is 4.45.